The second-order valence-electron chi connectivity index (χ2n) is 7.97. The van der Waals surface area contributed by atoms with Crippen LogP contribution in [0.1, 0.15) is 24.0 Å². The molecule has 176 valence electrons. The standard InChI is InChI=1S/C23H25N7O4/c24-20-19-22(29-21(28-20)16-5-7-25-8-6-16)30(13-27-19)9-1-2-10-32-23(31)26-12-15-3-4-17-18(11-15)34-14-33-17/h3-8,11,13,19,22H,1-2,9-10,12,14H2,(H,26,31)(H2,24,28,29). The highest BCUT2D eigenvalue weighted by molar-refractivity contribution is 6.09. The van der Waals surface area contributed by atoms with E-state index in [0.29, 0.717) is 49.3 Å². The van der Waals surface area contributed by atoms with Crippen LogP contribution in [-0.2, 0) is 11.3 Å². The number of amides is 1. The quantitative estimate of drug-likeness (QED) is 0.568. The van der Waals surface area contributed by atoms with Gasteiger partial charge in [-0.15, -0.1) is 0 Å². The van der Waals surface area contributed by atoms with E-state index < -0.39 is 6.09 Å². The topological polar surface area (TPSA) is 136 Å². The summed E-state index contributed by atoms with van der Waals surface area (Å²) in [6.45, 7) is 1.61. The van der Waals surface area contributed by atoms with Crippen molar-refractivity contribution < 1.29 is 19.0 Å². The van der Waals surface area contributed by atoms with Gasteiger partial charge in [0.2, 0.25) is 6.79 Å². The van der Waals surface area contributed by atoms with Gasteiger partial charge in [-0.2, -0.15) is 0 Å². The lowest BCUT2D eigenvalue weighted by Crippen LogP contribution is -2.45. The molecule has 2 atom stereocenters. The molecule has 3 N–H and O–H groups in total. The molecule has 1 aromatic carbocycles. The van der Waals surface area contributed by atoms with Crippen molar-refractivity contribution in [2.75, 3.05) is 19.9 Å². The highest BCUT2D eigenvalue weighted by Gasteiger charge is 2.36. The number of amidine groups is 2. The van der Waals surface area contributed by atoms with E-state index in [1.165, 1.54) is 0 Å². The maximum Gasteiger partial charge on any atom is 0.407 e. The fraction of sp³-hybridized carbons (Fsp3) is 0.348. The van der Waals surface area contributed by atoms with Gasteiger partial charge in [0.25, 0.3) is 0 Å². The van der Waals surface area contributed by atoms with Crippen LogP contribution in [0.4, 0.5) is 4.79 Å². The van der Waals surface area contributed by atoms with E-state index in [4.69, 9.17) is 24.9 Å². The minimum absolute atomic E-state index is 0.216. The molecule has 0 saturated heterocycles. The number of nitrogens with zero attached hydrogens (tertiary/aromatic N) is 5. The summed E-state index contributed by atoms with van der Waals surface area (Å²) in [7, 11) is 0. The normalized spacial score (nSPS) is 19.9. The molecule has 0 radical (unpaired) electrons. The van der Waals surface area contributed by atoms with Crippen molar-refractivity contribution in [1.29, 1.82) is 0 Å². The predicted molar refractivity (Wildman–Crippen MR) is 125 cm³/mol. The zero-order chi connectivity index (χ0) is 23.3. The van der Waals surface area contributed by atoms with Crippen LogP contribution in [0.25, 0.3) is 0 Å². The van der Waals surface area contributed by atoms with Crippen LogP contribution in [0.15, 0.2) is 57.7 Å². The molecule has 3 aliphatic heterocycles. The van der Waals surface area contributed by atoms with Crippen LogP contribution in [0.2, 0.25) is 0 Å². The smallest absolute Gasteiger partial charge is 0.407 e. The van der Waals surface area contributed by atoms with Crippen molar-refractivity contribution in [3.63, 3.8) is 0 Å². The second-order valence-corrected chi connectivity index (χ2v) is 7.97. The highest BCUT2D eigenvalue weighted by atomic mass is 16.7. The van der Waals surface area contributed by atoms with Gasteiger partial charge >= 0.3 is 6.09 Å². The first kappa shape index (κ1) is 21.7. The van der Waals surface area contributed by atoms with Gasteiger partial charge in [0.05, 0.1) is 12.9 Å². The third-order valence-corrected chi connectivity index (χ3v) is 5.65. The number of carbonyl (C=O) groups is 1. The number of nitrogens with one attached hydrogen (secondary N) is 1. The molecule has 2 aromatic rings. The van der Waals surface area contributed by atoms with Crippen LogP contribution in [-0.4, -0.2) is 66.1 Å². The van der Waals surface area contributed by atoms with Crippen molar-refractivity contribution in [1.82, 2.24) is 15.2 Å². The van der Waals surface area contributed by atoms with Crippen molar-refractivity contribution in [2.24, 2.45) is 20.7 Å². The Morgan fingerprint density at radius 1 is 1.18 bits per heavy atom. The van der Waals surface area contributed by atoms with E-state index >= 15 is 0 Å². The molecule has 0 fully saturated rings. The number of benzene rings is 1. The van der Waals surface area contributed by atoms with Crippen LogP contribution >= 0.6 is 0 Å². The van der Waals surface area contributed by atoms with Crippen molar-refractivity contribution in [3.05, 3.63) is 53.9 Å². The van der Waals surface area contributed by atoms with Crippen LogP contribution in [0.5, 0.6) is 11.5 Å². The van der Waals surface area contributed by atoms with Gasteiger partial charge in [0.1, 0.15) is 11.9 Å². The van der Waals surface area contributed by atoms with Gasteiger partial charge in [-0.3, -0.25) is 9.98 Å². The molecular formula is C23H25N7O4. The number of pyridine rings is 1. The van der Waals surface area contributed by atoms with Gasteiger partial charge in [-0.05, 0) is 42.7 Å². The first-order valence-corrected chi connectivity index (χ1v) is 11.1. The lowest BCUT2D eigenvalue weighted by molar-refractivity contribution is 0.142. The number of nitrogens with two attached hydrogens (primary N) is 1. The molecule has 1 aromatic heterocycles. The summed E-state index contributed by atoms with van der Waals surface area (Å²) >= 11 is 0. The summed E-state index contributed by atoms with van der Waals surface area (Å²) in [5.41, 5.74) is 7.92. The highest BCUT2D eigenvalue weighted by Crippen LogP contribution is 2.32. The maximum absolute atomic E-state index is 12.0. The number of aromatic nitrogens is 1. The van der Waals surface area contributed by atoms with Crippen molar-refractivity contribution in [3.8, 4) is 11.5 Å². The number of aliphatic imine (C=N–C) groups is 3. The molecule has 0 saturated carbocycles. The third kappa shape index (κ3) is 4.77. The molecule has 2 unspecified atom stereocenters. The Kier molecular flexibility index (Phi) is 6.23. The minimum atomic E-state index is -0.455. The van der Waals surface area contributed by atoms with Crippen LogP contribution < -0.4 is 20.5 Å². The van der Waals surface area contributed by atoms with E-state index in [0.717, 1.165) is 17.5 Å². The SMILES string of the molecule is NC1=NC(c2ccncc2)=NC2C1N=CN2CCCCOC(=O)NCc1ccc2c(c1)OCO2. The summed E-state index contributed by atoms with van der Waals surface area (Å²) in [5, 5.41) is 2.75. The lowest BCUT2D eigenvalue weighted by atomic mass is 10.1. The lowest BCUT2D eigenvalue weighted by Gasteiger charge is -2.27. The molecule has 4 heterocycles. The Morgan fingerprint density at radius 3 is 2.91 bits per heavy atom. The zero-order valence-corrected chi connectivity index (χ0v) is 18.5. The number of hydrogen-bond acceptors (Lipinski definition) is 10. The van der Waals surface area contributed by atoms with E-state index in [1.54, 1.807) is 18.7 Å². The van der Waals surface area contributed by atoms with Crippen LogP contribution in [0.3, 0.4) is 0 Å². The molecule has 0 aliphatic carbocycles. The number of rotatable bonds is 8. The minimum Gasteiger partial charge on any atom is -0.454 e. The number of unbranched alkanes of at least 4 members (excludes halogenated alkanes) is 1. The number of hydrogen-bond donors (Lipinski definition) is 2. The molecule has 11 nitrogen and oxygen atoms in total. The Bertz CT molecular complexity index is 1140. The molecule has 3 aliphatic rings. The van der Waals surface area contributed by atoms with Gasteiger partial charge in [-0.1, -0.05) is 6.07 Å². The first-order valence-electron chi connectivity index (χ1n) is 11.1. The van der Waals surface area contributed by atoms with Gasteiger partial charge in [0.15, 0.2) is 23.5 Å². The number of alkyl carbamates (subject to hydrolysis) is 1. The fourth-order valence-electron chi connectivity index (χ4n) is 3.87. The number of fused-ring (bicyclic) bond motifs is 2. The van der Waals surface area contributed by atoms with Crippen molar-refractivity contribution in [2.45, 2.75) is 31.6 Å². The Morgan fingerprint density at radius 2 is 2.03 bits per heavy atom. The monoisotopic (exact) mass is 463 g/mol. The maximum atomic E-state index is 12.0. The average Bonchev–Trinajstić information content (AvgIpc) is 3.50. The Labute approximate surface area is 196 Å². The zero-order valence-electron chi connectivity index (χ0n) is 18.5. The first-order chi connectivity index (χ1) is 16.7. The van der Waals surface area contributed by atoms with Gasteiger partial charge in [-0.25, -0.2) is 14.8 Å². The molecule has 0 bridgehead atoms. The molecule has 11 heteroatoms. The predicted octanol–water partition coefficient (Wildman–Crippen LogP) is 1.67. The molecule has 5 rings (SSSR count). The second kappa shape index (κ2) is 9.77. The summed E-state index contributed by atoms with van der Waals surface area (Å²) in [4.78, 5) is 31.7. The summed E-state index contributed by atoms with van der Waals surface area (Å²) in [6, 6.07) is 8.98. The van der Waals surface area contributed by atoms with Crippen molar-refractivity contribution >= 4 is 24.1 Å². The number of carbonyl (C=O) groups excluding carboxylic acids is 1. The Balaban J connectivity index is 1.04. The van der Waals surface area contributed by atoms with Gasteiger partial charge in [0, 0.05) is 31.0 Å². The summed E-state index contributed by atoms with van der Waals surface area (Å²) in [6.07, 6.45) is 6.02. The van der Waals surface area contributed by atoms with Crippen LogP contribution in [0, 0.1) is 0 Å². The summed E-state index contributed by atoms with van der Waals surface area (Å²) in [5.74, 6) is 2.43. The third-order valence-electron chi connectivity index (χ3n) is 5.65. The number of ether oxygens (including phenoxy) is 3. The van der Waals surface area contributed by atoms with Gasteiger partial charge < -0.3 is 30.2 Å². The summed E-state index contributed by atoms with van der Waals surface area (Å²) < 4.78 is 15.9. The average molecular weight is 463 g/mol. The van der Waals surface area contributed by atoms with E-state index in [1.807, 2.05) is 35.2 Å². The largest absolute Gasteiger partial charge is 0.454 e. The molecular weight excluding hydrogens is 438 g/mol. The Hall–Kier alpha value is -4.15. The van der Waals surface area contributed by atoms with E-state index in [-0.39, 0.29) is 19.0 Å². The fourth-order valence-corrected chi connectivity index (χ4v) is 3.87. The van der Waals surface area contributed by atoms with E-state index in [2.05, 4.69) is 20.3 Å². The molecule has 34 heavy (non-hydrogen) atoms. The van der Waals surface area contributed by atoms with E-state index in [9.17, 15) is 4.79 Å². The molecule has 0 spiro atoms. The molecule has 1 amide bonds.